The zero-order chi connectivity index (χ0) is 22.6. The maximum atomic E-state index is 12.9. The largest absolute Gasteiger partial charge is 0.506 e. The van der Waals surface area contributed by atoms with Crippen LogP contribution in [-0.4, -0.2) is 37.3 Å². The second-order valence-corrected chi connectivity index (χ2v) is 7.71. The van der Waals surface area contributed by atoms with Crippen LogP contribution in [0.3, 0.4) is 0 Å². The monoisotopic (exact) mass is 441 g/mol. The number of aromatic hydroxyl groups is 1. The number of ketones is 1. The summed E-state index contributed by atoms with van der Waals surface area (Å²) in [5, 5.41) is 23.0. The first-order chi connectivity index (χ1) is 13.7. The van der Waals surface area contributed by atoms with Crippen LogP contribution in [-0.2, 0) is 18.0 Å². The predicted molar refractivity (Wildman–Crippen MR) is 102 cm³/mol. The molecule has 0 aliphatic rings. The molecule has 0 radical (unpaired) electrons. The van der Waals surface area contributed by atoms with E-state index in [0.29, 0.717) is 11.3 Å². The minimum atomic E-state index is -4.63. The molecule has 0 saturated carbocycles. The Morgan fingerprint density at radius 1 is 1.23 bits per heavy atom. The van der Waals surface area contributed by atoms with Crippen molar-refractivity contribution >= 4 is 33.2 Å². The van der Waals surface area contributed by atoms with Gasteiger partial charge in [-0.05, 0) is 25.1 Å². The van der Waals surface area contributed by atoms with Crippen molar-refractivity contribution in [1.82, 2.24) is 9.78 Å². The van der Waals surface area contributed by atoms with Crippen molar-refractivity contribution < 1.29 is 33.0 Å². The summed E-state index contributed by atoms with van der Waals surface area (Å²) in [5.41, 5.74) is 1.60. The van der Waals surface area contributed by atoms with Crippen LogP contribution in [0.4, 0.5) is 13.2 Å². The summed E-state index contributed by atoms with van der Waals surface area (Å²) >= 11 is 0.529. The highest BCUT2D eigenvalue weighted by Crippen LogP contribution is 2.35. The number of fused-ring (bicyclic) bond motifs is 1. The number of Topliss-reactive ketones (excluding diaryl/α,β-unsaturated/α-hetero) is 1. The van der Waals surface area contributed by atoms with E-state index in [1.165, 1.54) is 25.2 Å². The molecule has 0 saturated heterocycles. The Balaban J connectivity index is 2.17. The van der Waals surface area contributed by atoms with E-state index >= 15 is 0 Å². The zero-order valence-corrected chi connectivity index (χ0v) is 16.3. The zero-order valence-electron chi connectivity index (χ0n) is 15.4. The van der Waals surface area contributed by atoms with Gasteiger partial charge in [0.1, 0.15) is 11.3 Å². The number of aryl methyl sites for hydroxylation is 1. The van der Waals surface area contributed by atoms with Gasteiger partial charge in [-0.3, -0.25) is 14.3 Å². The molecule has 1 aromatic carbocycles. The highest BCUT2D eigenvalue weighted by atomic mass is 32.1. The van der Waals surface area contributed by atoms with E-state index in [1.54, 1.807) is 0 Å². The van der Waals surface area contributed by atoms with E-state index in [-0.39, 0.29) is 21.3 Å². The van der Waals surface area contributed by atoms with Crippen LogP contribution in [0.15, 0.2) is 29.1 Å². The summed E-state index contributed by atoms with van der Waals surface area (Å²) in [6.07, 6.45) is -4.63. The maximum Gasteiger partial charge on any atom is 0.435 e. The summed E-state index contributed by atoms with van der Waals surface area (Å²) < 4.78 is 39.0. The van der Waals surface area contributed by atoms with Crippen molar-refractivity contribution in [2.75, 3.05) is 0 Å². The highest BCUT2D eigenvalue weighted by molar-refractivity contribution is 7.16. The number of carbonyl (C=O) groups is 2. The quantitative estimate of drug-likeness (QED) is 0.418. The molecule has 1 unspecified atom stereocenters. The number of aromatic nitrogens is 2. The number of aliphatic carboxylic acids is 1. The fourth-order valence-corrected chi connectivity index (χ4v) is 3.73. The van der Waals surface area contributed by atoms with Gasteiger partial charge < -0.3 is 15.9 Å². The lowest BCUT2D eigenvalue weighted by Gasteiger charge is -2.18. The SMILES string of the molecule is Cn1nc(C(F)(F)F)cc1-c1ccc2c(O)c(C(=O)C(C)(N)C(=O)O)c(=O)sc2c1. The molecular weight excluding hydrogens is 427 g/mol. The van der Waals surface area contributed by atoms with Gasteiger partial charge in [-0.25, -0.2) is 4.79 Å². The molecule has 0 spiro atoms. The van der Waals surface area contributed by atoms with Gasteiger partial charge in [-0.15, -0.1) is 0 Å². The predicted octanol–water partition coefficient (Wildman–Crippen LogP) is 2.37. The van der Waals surface area contributed by atoms with Crippen molar-refractivity contribution in [3.05, 3.63) is 45.1 Å². The van der Waals surface area contributed by atoms with E-state index in [1.807, 2.05) is 0 Å². The van der Waals surface area contributed by atoms with Gasteiger partial charge >= 0.3 is 12.1 Å². The molecule has 0 fully saturated rings. The highest BCUT2D eigenvalue weighted by Gasteiger charge is 2.40. The summed E-state index contributed by atoms with van der Waals surface area (Å²) in [5.74, 6) is -3.69. The summed E-state index contributed by atoms with van der Waals surface area (Å²) in [6, 6.07) is 4.89. The number of carbonyl (C=O) groups excluding carboxylic acids is 1. The van der Waals surface area contributed by atoms with E-state index < -0.39 is 45.2 Å². The van der Waals surface area contributed by atoms with Crippen LogP contribution in [0.1, 0.15) is 23.0 Å². The fraction of sp³-hybridized carbons (Fsp3) is 0.222. The number of rotatable bonds is 4. The number of carboxylic acid groups (broad SMARTS) is 1. The molecule has 0 aliphatic heterocycles. The molecule has 2 heterocycles. The van der Waals surface area contributed by atoms with E-state index in [4.69, 9.17) is 10.8 Å². The fourth-order valence-electron chi connectivity index (χ4n) is 2.78. The number of hydrogen-bond donors (Lipinski definition) is 3. The Kier molecular flexibility index (Phi) is 4.95. The number of nitrogens with two attached hydrogens (primary N) is 1. The molecular formula is C18H14F3N3O5S. The van der Waals surface area contributed by atoms with Crippen LogP contribution in [0.2, 0.25) is 0 Å². The lowest BCUT2D eigenvalue weighted by Crippen LogP contribution is -2.53. The minimum absolute atomic E-state index is 0.0473. The van der Waals surface area contributed by atoms with Crippen LogP contribution < -0.4 is 10.5 Å². The van der Waals surface area contributed by atoms with Crippen molar-refractivity contribution in [3.8, 4) is 17.0 Å². The Morgan fingerprint density at radius 2 is 1.87 bits per heavy atom. The average molecular weight is 441 g/mol. The average Bonchev–Trinajstić information content (AvgIpc) is 3.03. The van der Waals surface area contributed by atoms with Gasteiger partial charge in [-0.1, -0.05) is 17.4 Å². The first kappa shape index (κ1) is 21.5. The van der Waals surface area contributed by atoms with Crippen molar-refractivity contribution in [2.24, 2.45) is 12.8 Å². The normalized spacial score (nSPS) is 13.9. The molecule has 8 nitrogen and oxygen atoms in total. The number of alkyl halides is 3. The smallest absolute Gasteiger partial charge is 0.435 e. The third-order valence-electron chi connectivity index (χ3n) is 4.49. The van der Waals surface area contributed by atoms with Gasteiger partial charge in [0.25, 0.3) is 0 Å². The standard InChI is InChI=1S/C18H14F3N3O5S/c1-17(22,16(28)29)14(26)12-13(25)8-4-3-7(5-10(8)30-15(12)27)9-6-11(18(19,20)21)23-24(9)2/h3-6,25H,22H2,1-2H3,(H,28,29). The molecule has 0 aliphatic carbocycles. The van der Waals surface area contributed by atoms with Gasteiger partial charge in [-0.2, -0.15) is 18.3 Å². The number of nitrogens with zero attached hydrogens (tertiary/aromatic N) is 2. The molecule has 1 atom stereocenters. The second-order valence-electron chi connectivity index (χ2n) is 6.70. The summed E-state index contributed by atoms with van der Waals surface area (Å²) in [4.78, 5) is 36.1. The topological polar surface area (TPSA) is 136 Å². The van der Waals surface area contributed by atoms with Crippen LogP contribution in [0.25, 0.3) is 21.3 Å². The van der Waals surface area contributed by atoms with Crippen molar-refractivity contribution in [2.45, 2.75) is 18.6 Å². The molecule has 2 aromatic heterocycles. The molecule has 3 rings (SSSR count). The van der Waals surface area contributed by atoms with E-state index in [9.17, 15) is 32.7 Å². The number of halogens is 3. The Hall–Kier alpha value is -3.25. The summed E-state index contributed by atoms with van der Waals surface area (Å²) in [7, 11) is 1.32. The van der Waals surface area contributed by atoms with Gasteiger partial charge in [0.05, 0.1) is 5.69 Å². The van der Waals surface area contributed by atoms with Gasteiger partial charge in [0, 0.05) is 22.7 Å². The molecule has 12 heteroatoms. The third kappa shape index (κ3) is 3.44. The molecule has 158 valence electrons. The van der Waals surface area contributed by atoms with Crippen molar-refractivity contribution in [1.29, 1.82) is 0 Å². The van der Waals surface area contributed by atoms with Gasteiger partial charge in [0.15, 0.2) is 11.2 Å². The van der Waals surface area contributed by atoms with Crippen LogP contribution in [0, 0.1) is 0 Å². The second kappa shape index (κ2) is 6.92. The molecule has 0 bridgehead atoms. The lowest BCUT2D eigenvalue weighted by atomic mass is 9.92. The lowest BCUT2D eigenvalue weighted by molar-refractivity contribution is -0.142. The third-order valence-corrected chi connectivity index (χ3v) is 5.44. The van der Waals surface area contributed by atoms with Crippen LogP contribution in [0.5, 0.6) is 5.75 Å². The Labute approximate surface area is 170 Å². The van der Waals surface area contributed by atoms with E-state index in [2.05, 4.69) is 5.10 Å². The number of hydrogen-bond acceptors (Lipinski definition) is 7. The van der Waals surface area contributed by atoms with Crippen molar-refractivity contribution in [3.63, 3.8) is 0 Å². The maximum absolute atomic E-state index is 12.9. The molecule has 30 heavy (non-hydrogen) atoms. The van der Waals surface area contributed by atoms with E-state index in [0.717, 1.165) is 17.7 Å². The van der Waals surface area contributed by atoms with Gasteiger partial charge in [0.2, 0.25) is 10.5 Å². The first-order valence-corrected chi connectivity index (χ1v) is 9.05. The molecule has 0 amide bonds. The number of benzene rings is 1. The Bertz CT molecular complexity index is 1260. The van der Waals surface area contributed by atoms with Crippen LogP contribution >= 0.6 is 11.3 Å². The Morgan fingerprint density at radius 3 is 2.40 bits per heavy atom. The molecule has 3 aromatic rings. The number of carboxylic acids is 1. The molecule has 4 N–H and O–H groups in total. The first-order valence-electron chi connectivity index (χ1n) is 8.23. The minimum Gasteiger partial charge on any atom is -0.506 e. The summed E-state index contributed by atoms with van der Waals surface area (Å²) in [6.45, 7) is 0.898.